The van der Waals surface area contributed by atoms with Crippen LogP contribution in [0.25, 0.3) is 10.9 Å². The third kappa shape index (κ3) is 1.65. The number of aryl methyl sites for hydroxylation is 1. The second kappa shape index (κ2) is 3.81. The number of piperidine rings is 1. The number of piperazine rings is 1. The average Bonchev–Trinajstić information content (AvgIpc) is 2.78. The van der Waals surface area contributed by atoms with Crippen molar-refractivity contribution >= 4 is 16.8 Å². The molecule has 3 saturated heterocycles. The van der Waals surface area contributed by atoms with Crippen LogP contribution in [0.2, 0.25) is 0 Å². The molecule has 2 bridgehead atoms. The first-order chi connectivity index (χ1) is 9.20. The van der Waals surface area contributed by atoms with Gasteiger partial charge in [0.1, 0.15) is 0 Å². The predicted molar refractivity (Wildman–Crippen MR) is 72.1 cm³/mol. The minimum atomic E-state index is 0.138. The molecule has 2 unspecified atom stereocenters. The number of nitrogens with one attached hydrogen (secondary N) is 2. The van der Waals surface area contributed by atoms with E-state index in [4.69, 9.17) is 0 Å². The van der Waals surface area contributed by atoms with Gasteiger partial charge in [0.25, 0.3) is 5.91 Å². The summed E-state index contributed by atoms with van der Waals surface area (Å²) in [5.41, 5.74) is 2.68. The molecule has 0 saturated carbocycles. The van der Waals surface area contributed by atoms with Crippen molar-refractivity contribution in [3.05, 3.63) is 29.5 Å². The van der Waals surface area contributed by atoms with Gasteiger partial charge in [-0.05, 0) is 31.5 Å². The van der Waals surface area contributed by atoms with E-state index in [1.807, 2.05) is 30.0 Å². The van der Waals surface area contributed by atoms with E-state index in [1.165, 1.54) is 6.42 Å². The van der Waals surface area contributed by atoms with Gasteiger partial charge >= 0.3 is 0 Å². The van der Waals surface area contributed by atoms with Crippen LogP contribution in [0.3, 0.4) is 0 Å². The molecule has 1 amide bonds. The van der Waals surface area contributed by atoms with Crippen molar-refractivity contribution < 1.29 is 4.79 Å². The highest BCUT2D eigenvalue weighted by molar-refractivity contribution is 5.98. The number of carbonyl (C=O) groups excluding carboxylic acids is 1. The van der Waals surface area contributed by atoms with Crippen LogP contribution in [0.4, 0.5) is 0 Å². The van der Waals surface area contributed by atoms with Crippen LogP contribution in [-0.2, 0) is 0 Å². The average molecular weight is 256 g/mol. The van der Waals surface area contributed by atoms with Gasteiger partial charge in [-0.25, -0.2) is 0 Å². The normalized spacial score (nSPS) is 25.4. The molecule has 3 fully saturated rings. The third-order valence-corrected chi connectivity index (χ3v) is 4.20. The van der Waals surface area contributed by atoms with Crippen LogP contribution in [0.1, 0.15) is 22.5 Å². The lowest BCUT2D eigenvalue weighted by Gasteiger charge is -2.48. The Labute approximate surface area is 111 Å². The lowest BCUT2D eigenvalue weighted by atomic mass is 9.91. The number of nitrogens with zero attached hydrogens (tertiary/aromatic N) is 2. The van der Waals surface area contributed by atoms with Crippen molar-refractivity contribution in [1.82, 2.24) is 20.4 Å². The Balaban J connectivity index is 1.65. The van der Waals surface area contributed by atoms with E-state index in [0.717, 1.165) is 35.2 Å². The van der Waals surface area contributed by atoms with Crippen molar-refractivity contribution in [2.45, 2.75) is 25.4 Å². The van der Waals surface area contributed by atoms with Gasteiger partial charge in [0.05, 0.1) is 5.52 Å². The highest BCUT2D eigenvalue weighted by Gasteiger charge is 2.38. The zero-order valence-corrected chi connectivity index (χ0v) is 10.8. The summed E-state index contributed by atoms with van der Waals surface area (Å²) in [6.07, 6.45) is 1.21. The number of carbonyl (C=O) groups is 1. The van der Waals surface area contributed by atoms with Crippen molar-refractivity contribution in [2.24, 2.45) is 0 Å². The first-order valence-corrected chi connectivity index (χ1v) is 6.71. The molecule has 2 N–H and O–H groups in total. The van der Waals surface area contributed by atoms with Crippen LogP contribution >= 0.6 is 0 Å². The van der Waals surface area contributed by atoms with Gasteiger partial charge in [-0.3, -0.25) is 9.89 Å². The summed E-state index contributed by atoms with van der Waals surface area (Å²) in [7, 11) is 0. The SMILES string of the molecule is Cc1[nH]nc2ccc(C(=O)N3CC4CC(C3)N4)cc12. The van der Waals surface area contributed by atoms with Crippen molar-refractivity contribution in [3.63, 3.8) is 0 Å². The Morgan fingerprint density at radius 1 is 1.37 bits per heavy atom. The number of rotatable bonds is 1. The highest BCUT2D eigenvalue weighted by Crippen LogP contribution is 2.24. The van der Waals surface area contributed by atoms with Crippen LogP contribution in [-0.4, -0.2) is 46.2 Å². The maximum Gasteiger partial charge on any atom is 0.253 e. The molecule has 5 nitrogen and oxygen atoms in total. The Kier molecular flexibility index (Phi) is 2.20. The van der Waals surface area contributed by atoms with Gasteiger partial charge in [-0.15, -0.1) is 0 Å². The number of H-pyrrole nitrogens is 1. The van der Waals surface area contributed by atoms with Gasteiger partial charge in [-0.2, -0.15) is 5.10 Å². The maximum atomic E-state index is 12.5. The largest absolute Gasteiger partial charge is 0.336 e. The Hall–Kier alpha value is -1.88. The smallest absolute Gasteiger partial charge is 0.253 e. The summed E-state index contributed by atoms with van der Waals surface area (Å²) in [6.45, 7) is 3.64. The topological polar surface area (TPSA) is 61.0 Å². The molecule has 2 aromatic rings. The molecule has 4 heterocycles. The number of benzene rings is 1. The molecule has 19 heavy (non-hydrogen) atoms. The molecule has 0 aliphatic carbocycles. The fourth-order valence-electron chi connectivity index (χ4n) is 3.13. The fourth-order valence-corrected chi connectivity index (χ4v) is 3.13. The number of fused-ring (bicyclic) bond motifs is 3. The monoisotopic (exact) mass is 256 g/mol. The van der Waals surface area contributed by atoms with E-state index in [1.54, 1.807) is 0 Å². The first kappa shape index (κ1) is 11.0. The van der Waals surface area contributed by atoms with E-state index in [0.29, 0.717) is 12.1 Å². The predicted octanol–water partition coefficient (Wildman–Crippen LogP) is 1.06. The molecule has 98 valence electrons. The van der Waals surface area contributed by atoms with Gasteiger partial charge < -0.3 is 10.2 Å². The minimum absolute atomic E-state index is 0.138. The molecule has 5 heteroatoms. The molecule has 1 aromatic carbocycles. The van der Waals surface area contributed by atoms with E-state index < -0.39 is 0 Å². The van der Waals surface area contributed by atoms with Crippen molar-refractivity contribution in [3.8, 4) is 0 Å². The molecular formula is C14H16N4O. The molecule has 0 radical (unpaired) electrons. The number of aromatic amines is 1. The van der Waals surface area contributed by atoms with Crippen LogP contribution in [0.5, 0.6) is 0 Å². The molecule has 1 aromatic heterocycles. The van der Waals surface area contributed by atoms with Crippen molar-refractivity contribution in [1.29, 1.82) is 0 Å². The number of hydrogen-bond acceptors (Lipinski definition) is 3. The molecular weight excluding hydrogens is 240 g/mol. The zero-order chi connectivity index (χ0) is 13.0. The quantitative estimate of drug-likeness (QED) is 0.802. The summed E-state index contributed by atoms with van der Waals surface area (Å²) in [5.74, 6) is 0.138. The van der Waals surface area contributed by atoms with E-state index >= 15 is 0 Å². The second-order valence-corrected chi connectivity index (χ2v) is 5.59. The van der Waals surface area contributed by atoms with Crippen LogP contribution < -0.4 is 5.32 Å². The standard InChI is InChI=1S/C14H16N4O/c1-8-12-4-9(2-3-13(12)17-16-8)14(19)18-6-10-5-11(7-18)15-10/h2-4,10-11,15H,5-7H2,1H3,(H,16,17). The summed E-state index contributed by atoms with van der Waals surface area (Å²) < 4.78 is 0. The maximum absolute atomic E-state index is 12.5. The Bertz CT molecular complexity index is 647. The molecule has 0 spiro atoms. The first-order valence-electron chi connectivity index (χ1n) is 6.71. The molecule has 2 atom stereocenters. The van der Waals surface area contributed by atoms with E-state index in [-0.39, 0.29) is 5.91 Å². The summed E-state index contributed by atoms with van der Waals surface area (Å²) in [4.78, 5) is 14.5. The van der Waals surface area contributed by atoms with Crippen LogP contribution in [0, 0.1) is 6.92 Å². The Morgan fingerprint density at radius 3 is 2.84 bits per heavy atom. The molecule has 5 rings (SSSR count). The minimum Gasteiger partial charge on any atom is -0.336 e. The van der Waals surface area contributed by atoms with Gasteiger partial charge in [-0.1, -0.05) is 0 Å². The molecule has 3 aliphatic heterocycles. The van der Waals surface area contributed by atoms with Gasteiger partial charge in [0.2, 0.25) is 0 Å². The van der Waals surface area contributed by atoms with Crippen molar-refractivity contribution in [2.75, 3.05) is 13.1 Å². The van der Waals surface area contributed by atoms with Gasteiger partial charge in [0, 0.05) is 41.8 Å². The Morgan fingerprint density at radius 2 is 2.11 bits per heavy atom. The number of aromatic nitrogens is 2. The second-order valence-electron chi connectivity index (χ2n) is 5.59. The zero-order valence-electron chi connectivity index (χ0n) is 10.8. The number of amides is 1. The summed E-state index contributed by atoms with van der Waals surface area (Å²) in [6, 6.07) is 6.74. The highest BCUT2D eigenvalue weighted by atomic mass is 16.2. The lowest BCUT2D eigenvalue weighted by molar-refractivity contribution is 0.0474. The number of hydrogen-bond donors (Lipinski definition) is 2. The fraction of sp³-hybridized carbons (Fsp3) is 0.429. The summed E-state index contributed by atoms with van der Waals surface area (Å²) in [5, 5.41) is 11.6. The van der Waals surface area contributed by atoms with Gasteiger partial charge in [0.15, 0.2) is 0 Å². The molecule has 3 aliphatic rings. The van der Waals surface area contributed by atoms with Crippen LogP contribution in [0.15, 0.2) is 18.2 Å². The summed E-state index contributed by atoms with van der Waals surface area (Å²) >= 11 is 0. The lowest BCUT2D eigenvalue weighted by Crippen LogP contribution is -2.67. The van der Waals surface area contributed by atoms with E-state index in [2.05, 4.69) is 15.5 Å². The third-order valence-electron chi connectivity index (χ3n) is 4.20. The van der Waals surface area contributed by atoms with E-state index in [9.17, 15) is 4.79 Å².